The third-order valence-corrected chi connectivity index (χ3v) is 4.76. The lowest BCUT2D eigenvalue weighted by Crippen LogP contribution is -2.01. The molecule has 0 atom stereocenters. The third kappa shape index (κ3) is 4.90. The molecule has 0 unspecified atom stereocenters. The molecule has 0 amide bonds. The number of halogens is 1. The number of aromatic carboxylic acids is 1. The molecule has 0 radical (unpaired) electrons. The molecule has 1 aromatic heterocycles. The highest BCUT2D eigenvalue weighted by Gasteiger charge is 2.22. The first-order valence-electron chi connectivity index (χ1n) is 9.42. The molecule has 2 aromatic carbocycles. The van der Waals surface area contributed by atoms with E-state index in [0.29, 0.717) is 18.4 Å². The predicted octanol–water partition coefficient (Wildman–Crippen LogP) is 4.95. The molecule has 148 valence electrons. The maximum atomic E-state index is 14.2. The Morgan fingerprint density at radius 3 is 2.45 bits per heavy atom. The van der Waals surface area contributed by atoms with Crippen molar-refractivity contribution >= 4 is 5.97 Å². The number of nitrogens with zero attached hydrogens (tertiary/aromatic N) is 1. The molecule has 0 aliphatic heterocycles. The Kier molecular flexibility index (Phi) is 5.42. The van der Waals surface area contributed by atoms with Crippen molar-refractivity contribution in [2.75, 3.05) is 6.61 Å². The predicted molar refractivity (Wildman–Crippen MR) is 106 cm³/mol. The standard InChI is InChI=1S/C23H20FNO4/c24-20-9-7-18(19-8-10-22(25-12-19)29-14-15-1-2-15)11-21(20)28-13-16-3-5-17(6-4-16)23(26)27/h3-12,15H,1-2,13-14H2,(H,26,27). The first kappa shape index (κ1) is 18.9. The number of hydrogen-bond donors (Lipinski definition) is 1. The summed E-state index contributed by atoms with van der Waals surface area (Å²) in [6, 6.07) is 14.6. The fourth-order valence-electron chi connectivity index (χ4n) is 2.82. The van der Waals surface area contributed by atoms with Crippen molar-refractivity contribution in [3.8, 4) is 22.8 Å². The van der Waals surface area contributed by atoms with Crippen LogP contribution in [0.3, 0.4) is 0 Å². The molecule has 4 rings (SSSR count). The highest BCUT2D eigenvalue weighted by atomic mass is 19.1. The lowest BCUT2D eigenvalue weighted by atomic mass is 10.1. The average Bonchev–Trinajstić information content (AvgIpc) is 3.57. The van der Waals surface area contributed by atoms with Gasteiger partial charge in [0.25, 0.3) is 0 Å². The van der Waals surface area contributed by atoms with E-state index in [9.17, 15) is 9.18 Å². The van der Waals surface area contributed by atoms with E-state index in [0.717, 1.165) is 16.7 Å². The summed E-state index contributed by atoms with van der Waals surface area (Å²) in [4.78, 5) is 15.2. The molecule has 0 bridgehead atoms. The summed E-state index contributed by atoms with van der Waals surface area (Å²) >= 11 is 0. The summed E-state index contributed by atoms with van der Waals surface area (Å²) < 4.78 is 25.4. The van der Waals surface area contributed by atoms with Crippen LogP contribution in [0.1, 0.15) is 28.8 Å². The Balaban J connectivity index is 1.43. The fraction of sp³-hybridized carbons (Fsp3) is 0.217. The van der Waals surface area contributed by atoms with Gasteiger partial charge in [-0.2, -0.15) is 0 Å². The zero-order valence-corrected chi connectivity index (χ0v) is 15.7. The van der Waals surface area contributed by atoms with Gasteiger partial charge in [-0.15, -0.1) is 0 Å². The van der Waals surface area contributed by atoms with Gasteiger partial charge >= 0.3 is 5.97 Å². The van der Waals surface area contributed by atoms with Crippen LogP contribution in [0.25, 0.3) is 11.1 Å². The molecule has 29 heavy (non-hydrogen) atoms. The monoisotopic (exact) mass is 393 g/mol. The minimum Gasteiger partial charge on any atom is -0.486 e. The van der Waals surface area contributed by atoms with Crippen LogP contribution in [-0.2, 0) is 6.61 Å². The molecular weight excluding hydrogens is 373 g/mol. The number of hydrogen-bond acceptors (Lipinski definition) is 4. The molecule has 0 saturated heterocycles. The lowest BCUT2D eigenvalue weighted by Gasteiger charge is -2.10. The van der Waals surface area contributed by atoms with Crippen molar-refractivity contribution in [3.63, 3.8) is 0 Å². The number of rotatable bonds is 8. The van der Waals surface area contributed by atoms with Crippen molar-refractivity contribution in [2.24, 2.45) is 5.92 Å². The van der Waals surface area contributed by atoms with Crippen LogP contribution in [0.15, 0.2) is 60.8 Å². The van der Waals surface area contributed by atoms with Gasteiger partial charge in [-0.05, 0) is 60.2 Å². The van der Waals surface area contributed by atoms with E-state index in [4.69, 9.17) is 14.6 Å². The average molecular weight is 393 g/mol. The summed E-state index contributed by atoms with van der Waals surface area (Å²) in [7, 11) is 0. The summed E-state index contributed by atoms with van der Waals surface area (Å²) in [5.74, 6) is -0.0847. The van der Waals surface area contributed by atoms with Gasteiger partial charge in [0.2, 0.25) is 5.88 Å². The number of ether oxygens (including phenoxy) is 2. The summed E-state index contributed by atoms with van der Waals surface area (Å²) in [5.41, 5.74) is 2.56. The molecule has 1 heterocycles. The summed E-state index contributed by atoms with van der Waals surface area (Å²) in [6.45, 7) is 0.834. The van der Waals surface area contributed by atoms with Crippen LogP contribution < -0.4 is 9.47 Å². The van der Waals surface area contributed by atoms with Gasteiger partial charge in [-0.1, -0.05) is 18.2 Å². The molecular formula is C23H20FNO4. The third-order valence-electron chi connectivity index (χ3n) is 4.76. The van der Waals surface area contributed by atoms with Crippen LogP contribution in [0.2, 0.25) is 0 Å². The Morgan fingerprint density at radius 2 is 1.79 bits per heavy atom. The van der Waals surface area contributed by atoms with Crippen LogP contribution in [0.4, 0.5) is 4.39 Å². The maximum Gasteiger partial charge on any atom is 0.335 e. The molecule has 3 aromatic rings. The highest BCUT2D eigenvalue weighted by Crippen LogP contribution is 2.30. The van der Waals surface area contributed by atoms with E-state index in [1.54, 1.807) is 30.5 Å². The van der Waals surface area contributed by atoms with Crippen molar-refractivity contribution in [1.82, 2.24) is 4.98 Å². The molecule has 6 heteroatoms. The van der Waals surface area contributed by atoms with Crippen molar-refractivity contribution in [1.29, 1.82) is 0 Å². The zero-order valence-electron chi connectivity index (χ0n) is 15.7. The minimum atomic E-state index is -0.992. The van der Waals surface area contributed by atoms with E-state index >= 15 is 0 Å². The van der Waals surface area contributed by atoms with Gasteiger partial charge in [0.15, 0.2) is 11.6 Å². The van der Waals surface area contributed by atoms with Crippen molar-refractivity contribution in [2.45, 2.75) is 19.4 Å². The van der Waals surface area contributed by atoms with Crippen molar-refractivity contribution < 1.29 is 23.8 Å². The number of aromatic nitrogens is 1. The van der Waals surface area contributed by atoms with Crippen molar-refractivity contribution in [3.05, 3.63) is 77.7 Å². The Labute approximate surface area is 167 Å². The fourth-order valence-corrected chi connectivity index (χ4v) is 2.82. The van der Waals surface area contributed by atoms with Crippen LogP contribution in [0, 0.1) is 11.7 Å². The van der Waals surface area contributed by atoms with E-state index in [-0.39, 0.29) is 17.9 Å². The molecule has 1 aliphatic rings. The van der Waals surface area contributed by atoms with Gasteiger partial charge in [0.1, 0.15) is 6.61 Å². The number of benzene rings is 2. The SMILES string of the molecule is O=C(O)c1ccc(COc2cc(-c3ccc(OCC4CC4)nc3)ccc2F)cc1. The summed E-state index contributed by atoms with van der Waals surface area (Å²) in [5, 5.41) is 8.94. The Morgan fingerprint density at radius 1 is 1.03 bits per heavy atom. The molecule has 1 N–H and O–H groups in total. The Hall–Kier alpha value is -3.41. The minimum absolute atomic E-state index is 0.124. The first-order valence-corrected chi connectivity index (χ1v) is 9.42. The smallest absolute Gasteiger partial charge is 0.335 e. The topological polar surface area (TPSA) is 68.7 Å². The molecule has 5 nitrogen and oxygen atoms in total. The molecule has 0 spiro atoms. The molecule has 1 aliphatic carbocycles. The second-order valence-corrected chi connectivity index (χ2v) is 7.08. The van der Waals surface area contributed by atoms with Gasteiger partial charge < -0.3 is 14.6 Å². The van der Waals surface area contributed by atoms with E-state index in [1.165, 1.54) is 31.0 Å². The van der Waals surface area contributed by atoms with Crippen LogP contribution >= 0.6 is 0 Å². The summed E-state index contributed by atoms with van der Waals surface area (Å²) in [6.07, 6.45) is 4.14. The lowest BCUT2D eigenvalue weighted by molar-refractivity contribution is 0.0697. The maximum absolute atomic E-state index is 14.2. The molecule has 1 saturated carbocycles. The number of carboxylic acid groups (broad SMARTS) is 1. The van der Waals surface area contributed by atoms with Crippen LogP contribution in [0.5, 0.6) is 11.6 Å². The number of carbonyl (C=O) groups is 1. The normalized spacial score (nSPS) is 13.1. The van der Waals surface area contributed by atoms with Crippen LogP contribution in [-0.4, -0.2) is 22.7 Å². The zero-order chi connectivity index (χ0) is 20.2. The second-order valence-electron chi connectivity index (χ2n) is 7.08. The molecule has 1 fully saturated rings. The first-order chi connectivity index (χ1) is 14.1. The van der Waals surface area contributed by atoms with Gasteiger partial charge in [-0.3, -0.25) is 0 Å². The van der Waals surface area contributed by atoms with Gasteiger partial charge in [-0.25, -0.2) is 14.2 Å². The highest BCUT2D eigenvalue weighted by molar-refractivity contribution is 5.87. The number of pyridine rings is 1. The van der Waals surface area contributed by atoms with Gasteiger partial charge in [0.05, 0.1) is 12.2 Å². The Bertz CT molecular complexity index is 998. The van der Waals surface area contributed by atoms with E-state index < -0.39 is 11.8 Å². The van der Waals surface area contributed by atoms with E-state index in [2.05, 4.69) is 4.98 Å². The van der Waals surface area contributed by atoms with E-state index in [1.807, 2.05) is 12.1 Å². The number of carboxylic acids is 1. The largest absolute Gasteiger partial charge is 0.486 e. The second kappa shape index (κ2) is 8.31. The quantitative estimate of drug-likeness (QED) is 0.586. The van der Waals surface area contributed by atoms with Gasteiger partial charge in [0, 0.05) is 17.8 Å².